The van der Waals surface area contributed by atoms with Crippen molar-refractivity contribution in [3.05, 3.63) is 57.1 Å². The molecule has 3 aromatic rings. The van der Waals surface area contributed by atoms with Gasteiger partial charge in [0.25, 0.3) is 5.91 Å². The van der Waals surface area contributed by atoms with Crippen LogP contribution in [0, 0.1) is 0 Å². The number of halogens is 2. The van der Waals surface area contributed by atoms with E-state index in [2.05, 4.69) is 52.7 Å². The lowest BCUT2D eigenvalue weighted by atomic mass is 10.3. The van der Waals surface area contributed by atoms with Crippen molar-refractivity contribution in [1.82, 2.24) is 25.5 Å². The van der Waals surface area contributed by atoms with E-state index in [1.54, 1.807) is 16.8 Å². The van der Waals surface area contributed by atoms with Crippen molar-refractivity contribution >= 4 is 37.8 Å². The molecule has 112 valence electrons. The van der Waals surface area contributed by atoms with Gasteiger partial charge in [0.2, 0.25) is 0 Å². The first kappa shape index (κ1) is 14.9. The van der Waals surface area contributed by atoms with E-state index in [1.807, 2.05) is 24.3 Å². The molecule has 1 amide bonds. The third kappa shape index (κ3) is 3.25. The van der Waals surface area contributed by atoms with Gasteiger partial charge >= 0.3 is 0 Å². The minimum atomic E-state index is -0.338. The van der Waals surface area contributed by atoms with E-state index in [4.69, 9.17) is 4.42 Å². The summed E-state index contributed by atoms with van der Waals surface area (Å²) in [5.41, 5.74) is 0.796. The largest absolute Gasteiger partial charge is 0.444 e. The molecule has 0 fully saturated rings. The molecule has 0 saturated heterocycles. The second kappa shape index (κ2) is 6.41. The van der Waals surface area contributed by atoms with E-state index in [-0.39, 0.29) is 18.2 Å². The fraction of sp³-hybridized carbons (Fsp3) is 0.0769. The summed E-state index contributed by atoms with van der Waals surface area (Å²) in [6.45, 7) is 0.177. The number of carbonyl (C=O) groups excluding carboxylic acids is 1. The normalized spacial score (nSPS) is 10.6. The number of nitrogens with zero attached hydrogens (tertiary/aromatic N) is 4. The van der Waals surface area contributed by atoms with Crippen LogP contribution in [0.2, 0.25) is 0 Å². The molecule has 9 heteroatoms. The molecule has 0 spiro atoms. The zero-order valence-corrected chi connectivity index (χ0v) is 14.2. The summed E-state index contributed by atoms with van der Waals surface area (Å²) in [7, 11) is 0. The van der Waals surface area contributed by atoms with Crippen LogP contribution in [0.3, 0.4) is 0 Å². The first-order valence-corrected chi connectivity index (χ1v) is 7.79. The van der Waals surface area contributed by atoms with Gasteiger partial charge in [0.15, 0.2) is 16.3 Å². The highest BCUT2D eigenvalue weighted by Crippen LogP contribution is 2.16. The summed E-state index contributed by atoms with van der Waals surface area (Å²) >= 11 is 6.55. The van der Waals surface area contributed by atoms with Crippen molar-refractivity contribution in [3.63, 3.8) is 0 Å². The lowest BCUT2D eigenvalue weighted by molar-refractivity contribution is 0.0920. The number of hydrogen-bond donors (Lipinski definition) is 1. The molecule has 7 nitrogen and oxygen atoms in total. The molecule has 0 unspecified atom stereocenters. The predicted octanol–water partition coefficient (Wildman–Crippen LogP) is 2.71. The Morgan fingerprint density at radius 1 is 1.27 bits per heavy atom. The molecule has 0 aliphatic rings. The van der Waals surface area contributed by atoms with Crippen LogP contribution in [0.1, 0.15) is 16.4 Å². The molecule has 0 atom stereocenters. The van der Waals surface area contributed by atoms with Gasteiger partial charge in [-0.2, -0.15) is 4.68 Å². The average Bonchev–Trinajstić information content (AvgIpc) is 3.13. The van der Waals surface area contributed by atoms with Crippen LogP contribution in [-0.2, 0) is 6.54 Å². The Morgan fingerprint density at radius 2 is 2.14 bits per heavy atom. The van der Waals surface area contributed by atoms with Crippen molar-refractivity contribution in [2.75, 3.05) is 0 Å². The Morgan fingerprint density at radius 3 is 2.86 bits per heavy atom. The van der Waals surface area contributed by atoms with Crippen molar-refractivity contribution in [2.45, 2.75) is 6.54 Å². The van der Waals surface area contributed by atoms with Crippen LogP contribution in [0.5, 0.6) is 0 Å². The van der Waals surface area contributed by atoms with Crippen molar-refractivity contribution < 1.29 is 9.21 Å². The fourth-order valence-electron chi connectivity index (χ4n) is 1.81. The van der Waals surface area contributed by atoms with E-state index in [1.165, 1.54) is 0 Å². The molecule has 1 N–H and O–H groups in total. The Hall–Kier alpha value is -2.00. The van der Waals surface area contributed by atoms with Crippen LogP contribution in [0.25, 0.3) is 5.69 Å². The Bertz CT molecular complexity index is 814. The van der Waals surface area contributed by atoms with E-state index >= 15 is 0 Å². The van der Waals surface area contributed by atoms with Crippen molar-refractivity contribution in [3.8, 4) is 5.69 Å². The van der Waals surface area contributed by atoms with Gasteiger partial charge in [-0.15, -0.1) is 5.10 Å². The maximum absolute atomic E-state index is 11.9. The molecule has 1 aromatic carbocycles. The summed E-state index contributed by atoms with van der Waals surface area (Å²) in [5, 5.41) is 14.2. The standard InChI is InChI=1S/C13H9Br2N5O2/c14-8-2-1-3-9(6-8)20-12(17-18-19-20)7-16-13(21)10-4-5-11(15)22-10/h1-6H,7H2,(H,16,21). The summed E-state index contributed by atoms with van der Waals surface area (Å²) in [6, 6.07) is 10.8. The smallest absolute Gasteiger partial charge is 0.287 e. The number of benzene rings is 1. The number of rotatable bonds is 4. The Balaban J connectivity index is 1.74. The average molecular weight is 427 g/mol. The van der Waals surface area contributed by atoms with E-state index in [0.29, 0.717) is 10.5 Å². The number of hydrogen-bond acceptors (Lipinski definition) is 5. The van der Waals surface area contributed by atoms with Gasteiger partial charge in [-0.1, -0.05) is 22.0 Å². The molecule has 0 bridgehead atoms. The van der Waals surface area contributed by atoms with Gasteiger partial charge < -0.3 is 9.73 Å². The molecule has 0 aliphatic heterocycles. The highest BCUT2D eigenvalue weighted by Gasteiger charge is 2.13. The van der Waals surface area contributed by atoms with Crippen LogP contribution >= 0.6 is 31.9 Å². The van der Waals surface area contributed by atoms with Gasteiger partial charge in [-0.25, -0.2) is 0 Å². The molecule has 3 rings (SSSR count). The van der Waals surface area contributed by atoms with E-state index in [0.717, 1.165) is 10.2 Å². The quantitative estimate of drug-likeness (QED) is 0.693. The Kier molecular flexibility index (Phi) is 4.34. The summed E-state index contributed by atoms with van der Waals surface area (Å²) < 4.78 is 8.15. The molecule has 0 radical (unpaired) electrons. The van der Waals surface area contributed by atoms with E-state index < -0.39 is 0 Å². The molecule has 2 heterocycles. The number of carbonyl (C=O) groups is 1. The zero-order chi connectivity index (χ0) is 15.5. The van der Waals surface area contributed by atoms with Gasteiger partial charge in [0.05, 0.1) is 12.2 Å². The lowest BCUT2D eigenvalue weighted by Crippen LogP contribution is -2.24. The molecule has 22 heavy (non-hydrogen) atoms. The first-order chi connectivity index (χ1) is 10.6. The first-order valence-electron chi connectivity index (χ1n) is 6.20. The van der Waals surface area contributed by atoms with Gasteiger partial charge in [0, 0.05) is 4.47 Å². The van der Waals surface area contributed by atoms with Crippen LogP contribution in [-0.4, -0.2) is 26.1 Å². The van der Waals surface area contributed by atoms with Crippen molar-refractivity contribution in [1.29, 1.82) is 0 Å². The summed E-state index contributed by atoms with van der Waals surface area (Å²) in [4.78, 5) is 11.9. The topological polar surface area (TPSA) is 85.8 Å². The maximum atomic E-state index is 11.9. The summed E-state index contributed by atoms with van der Waals surface area (Å²) in [6.07, 6.45) is 0. The predicted molar refractivity (Wildman–Crippen MR) is 84.4 cm³/mol. The highest BCUT2D eigenvalue weighted by atomic mass is 79.9. The minimum Gasteiger partial charge on any atom is -0.444 e. The van der Waals surface area contributed by atoms with Crippen LogP contribution in [0.4, 0.5) is 0 Å². The van der Waals surface area contributed by atoms with Gasteiger partial charge in [0.1, 0.15) is 0 Å². The zero-order valence-electron chi connectivity index (χ0n) is 11.0. The van der Waals surface area contributed by atoms with Crippen LogP contribution in [0.15, 0.2) is 50.0 Å². The molecular formula is C13H9Br2N5O2. The fourth-order valence-corrected chi connectivity index (χ4v) is 2.50. The number of tetrazole rings is 1. The maximum Gasteiger partial charge on any atom is 0.287 e. The monoisotopic (exact) mass is 425 g/mol. The van der Waals surface area contributed by atoms with E-state index in [9.17, 15) is 4.79 Å². The van der Waals surface area contributed by atoms with Crippen LogP contribution < -0.4 is 5.32 Å². The highest BCUT2D eigenvalue weighted by molar-refractivity contribution is 9.10. The number of amides is 1. The summed E-state index contributed by atoms with van der Waals surface area (Å²) in [5.74, 6) is 0.389. The Labute approximate surface area is 141 Å². The molecule has 0 saturated carbocycles. The molecule has 2 aromatic heterocycles. The molecular weight excluding hydrogens is 418 g/mol. The second-order valence-corrected chi connectivity index (χ2v) is 5.97. The second-order valence-electron chi connectivity index (χ2n) is 4.27. The SMILES string of the molecule is O=C(NCc1nnnn1-c1cccc(Br)c1)c1ccc(Br)o1. The van der Waals surface area contributed by atoms with Crippen molar-refractivity contribution in [2.24, 2.45) is 0 Å². The third-order valence-electron chi connectivity index (χ3n) is 2.79. The number of aromatic nitrogens is 4. The number of nitrogens with one attached hydrogen (secondary N) is 1. The minimum absolute atomic E-state index is 0.177. The third-order valence-corrected chi connectivity index (χ3v) is 3.71. The number of furan rings is 1. The van der Waals surface area contributed by atoms with Gasteiger partial charge in [-0.05, 0) is 56.7 Å². The lowest BCUT2D eigenvalue weighted by Gasteiger charge is -2.05. The molecule has 0 aliphatic carbocycles. The van der Waals surface area contributed by atoms with Gasteiger partial charge in [-0.3, -0.25) is 4.79 Å².